The number of hydrogen-bond acceptors (Lipinski definition) is 4. The average Bonchev–Trinajstić information content (AvgIpc) is 3.30. The summed E-state index contributed by atoms with van der Waals surface area (Å²) in [7, 11) is 1.83. The van der Waals surface area contributed by atoms with Gasteiger partial charge in [0.15, 0.2) is 5.76 Å². The quantitative estimate of drug-likeness (QED) is 0.837. The van der Waals surface area contributed by atoms with E-state index in [0.29, 0.717) is 31.8 Å². The van der Waals surface area contributed by atoms with Gasteiger partial charge in [0.05, 0.1) is 23.6 Å². The molecule has 2 aromatic heterocycles. The highest BCUT2D eigenvalue weighted by atomic mass is 16.3. The van der Waals surface area contributed by atoms with E-state index in [9.17, 15) is 9.59 Å². The van der Waals surface area contributed by atoms with Crippen molar-refractivity contribution < 1.29 is 14.0 Å². The van der Waals surface area contributed by atoms with Gasteiger partial charge in [-0.25, -0.2) is 0 Å². The van der Waals surface area contributed by atoms with E-state index in [2.05, 4.69) is 5.10 Å². The Morgan fingerprint density at radius 1 is 1.35 bits per heavy atom. The van der Waals surface area contributed by atoms with Crippen molar-refractivity contribution in [2.45, 2.75) is 12.8 Å². The summed E-state index contributed by atoms with van der Waals surface area (Å²) in [5.74, 6) is 0.288. The second-order valence-corrected chi connectivity index (χ2v) is 6.31. The number of rotatable bonds is 2. The monoisotopic (exact) mass is 314 g/mol. The Kier molecular flexibility index (Phi) is 3.04. The van der Waals surface area contributed by atoms with Crippen molar-refractivity contribution in [2.24, 2.45) is 12.5 Å². The molecule has 23 heavy (non-hydrogen) atoms. The molecular formula is C16H18N4O3. The van der Waals surface area contributed by atoms with E-state index in [1.807, 2.05) is 13.2 Å². The van der Waals surface area contributed by atoms with Gasteiger partial charge in [0.2, 0.25) is 5.91 Å². The Morgan fingerprint density at radius 3 is 2.87 bits per heavy atom. The zero-order valence-corrected chi connectivity index (χ0v) is 12.9. The van der Waals surface area contributed by atoms with E-state index >= 15 is 0 Å². The molecule has 7 nitrogen and oxygen atoms in total. The van der Waals surface area contributed by atoms with Crippen LogP contribution in [-0.2, 0) is 11.8 Å². The van der Waals surface area contributed by atoms with E-state index in [-0.39, 0.29) is 11.8 Å². The van der Waals surface area contributed by atoms with Gasteiger partial charge in [0.25, 0.3) is 5.91 Å². The van der Waals surface area contributed by atoms with Gasteiger partial charge in [0.1, 0.15) is 0 Å². The van der Waals surface area contributed by atoms with Crippen LogP contribution in [0.1, 0.15) is 23.4 Å². The molecule has 2 aromatic rings. The number of carbonyl (C=O) groups excluding carboxylic acids is 2. The summed E-state index contributed by atoms with van der Waals surface area (Å²) < 4.78 is 6.87. The maximum atomic E-state index is 12.9. The van der Waals surface area contributed by atoms with Crippen LogP contribution in [0.5, 0.6) is 0 Å². The first-order valence-electron chi connectivity index (χ1n) is 7.72. The van der Waals surface area contributed by atoms with Gasteiger partial charge in [-0.1, -0.05) is 0 Å². The van der Waals surface area contributed by atoms with Gasteiger partial charge in [-0.05, 0) is 25.0 Å². The van der Waals surface area contributed by atoms with E-state index in [1.54, 1.807) is 32.8 Å². The third-order valence-electron chi connectivity index (χ3n) is 4.89. The van der Waals surface area contributed by atoms with Crippen LogP contribution in [0.3, 0.4) is 0 Å². The fourth-order valence-corrected chi connectivity index (χ4v) is 3.60. The van der Waals surface area contributed by atoms with Crippen molar-refractivity contribution in [3.8, 4) is 0 Å². The van der Waals surface area contributed by atoms with Crippen LogP contribution in [0, 0.1) is 5.41 Å². The minimum absolute atomic E-state index is 0.0974. The molecule has 0 bridgehead atoms. The maximum absolute atomic E-state index is 12.9. The van der Waals surface area contributed by atoms with E-state index < -0.39 is 5.41 Å². The van der Waals surface area contributed by atoms with Crippen LogP contribution >= 0.6 is 0 Å². The van der Waals surface area contributed by atoms with Gasteiger partial charge in [0, 0.05) is 32.9 Å². The molecule has 0 radical (unpaired) electrons. The van der Waals surface area contributed by atoms with Crippen molar-refractivity contribution in [3.05, 3.63) is 36.5 Å². The first-order valence-corrected chi connectivity index (χ1v) is 7.72. The summed E-state index contributed by atoms with van der Waals surface area (Å²) in [6.07, 6.45) is 6.51. The molecule has 0 unspecified atom stereocenters. The molecule has 0 aromatic carbocycles. The Hall–Kier alpha value is -2.57. The second-order valence-electron chi connectivity index (χ2n) is 6.31. The van der Waals surface area contributed by atoms with Crippen LogP contribution in [0.4, 0.5) is 5.69 Å². The van der Waals surface area contributed by atoms with Crippen molar-refractivity contribution in [2.75, 3.05) is 24.5 Å². The van der Waals surface area contributed by atoms with Crippen LogP contribution in [0.2, 0.25) is 0 Å². The smallest absolute Gasteiger partial charge is 0.289 e. The summed E-state index contributed by atoms with van der Waals surface area (Å²) in [6.45, 7) is 1.72. The lowest BCUT2D eigenvalue weighted by Gasteiger charge is -2.22. The average molecular weight is 314 g/mol. The molecule has 2 fully saturated rings. The minimum Gasteiger partial charge on any atom is -0.459 e. The third kappa shape index (κ3) is 2.15. The molecule has 0 aliphatic carbocycles. The third-order valence-corrected chi connectivity index (χ3v) is 4.89. The van der Waals surface area contributed by atoms with Crippen molar-refractivity contribution in [3.63, 3.8) is 0 Å². The Bertz CT molecular complexity index is 751. The molecule has 2 saturated heterocycles. The summed E-state index contributed by atoms with van der Waals surface area (Å²) >= 11 is 0. The summed E-state index contributed by atoms with van der Waals surface area (Å²) in [5, 5.41) is 4.13. The summed E-state index contributed by atoms with van der Waals surface area (Å²) in [4.78, 5) is 28.8. The van der Waals surface area contributed by atoms with Gasteiger partial charge in [-0.3, -0.25) is 14.3 Å². The number of likely N-dealkylation sites (tertiary alicyclic amines) is 1. The highest BCUT2D eigenvalue weighted by molar-refractivity contribution is 6.01. The van der Waals surface area contributed by atoms with E-state index in [1.165, 1.54) is 6.26 Å². The fraction of sp³-hybridized carbons (Fsp3) is 0.438. The molecule has 0 N–H and O–H groups in total. The van der Waals surface area contributed by atoms with Crippen LogP contribution in [0.25, 0.3) is 0 Å². The molecule has 0 saturated carbocycles. The Morgan fingerprint density at radius 2 is 2.17 bits per heavy atom. The number of amides is 2. The molecule has 2 aliphatic rings. The largest absolute Gasteiger partial charge is 0.459 e. The molecule has 1 spiro atoms. The number of nitrogens with zero attached hydrogens (tertiary/aromatic N) is 4. The minimum atomic E-state index is -0.460. The Balaban J connectivity index is 1.52. The van der Waals surface area contributed by atoms with Crippen LogP contribution in [0.15, 0.2) is 35.2 Å². The normalized spacial score (nSPS) is 24.1. The van der Waals surface area contributed by atoms with Crippen LogP contribution < -0.4 is 4.90 Å². The Labute approximate surface area is 133 Å². The first-order chi connectivity index (χ1) is 11.1. The van der Waals surface area contributed by atoms with Crippen molar-refractivity contribution in [1.29, 1.82) is 0 Å². The lowest BCUT2D eigenvalue weighted by Crippen LogP contribution is -2.38. The highest BCUT2D eigenvalue weighted by Gasteiger charge is 2.52. The molecule has 2 aliphatic heterocycles. The van der Waals surface area contributed by atoms with E-state index in [4.69, 9.17) is 4.42 Å². The molecule has 7 heteroatoms. The number of hydrogen-bond donors (Lipinski definition) is 0. The number of furan rings is 1. The van der Waals surface area contributed by atoms with Crippen LogP contribution in [-0.4, -0.2) is 46.1 Å². The maximum Gasteiger partial charge on any atom is 0.289 e. The predicted octanol–water partition coefficient (Wildman–Crippen LogP) is 1.28. The number of anilines is 1. The van der Waals surface area contributed by atoms with E-state index in [0.717, 1.165) is 12.1 Å². The lowest BCUT2D eigenvalue weighted by molar-refractivity contribution is -0.124. The zero-order chi connectivity index (χ0) is 16.0. The van der Waals surface area contributed by atoms with Gasteiger partial charge in [-0.2, -0.15) is 5.10 Å². The van der Waals surface area contributed by atoms with Crippen molar-refractivity contribution >= 4 is 17.5 Å². The number of aromatic nitrogens is 2. The highest BCUT2D eigenvalue weighted by Crippen LogP contribution is 2.42. The number of carbonyl (C=O) groups is 2. The summed E-state index contributed by atoms with van der Waals surface area (Å²) in [6, 6.07) is 3.36. The van der Waals surface area contributed by atoms with Gasteiger partial charge in [-0.15, -0.1) is 0 Å². The van der Waals surface area contributed by atoms with Crippen molar-refractivity contribution in [1.82, 2.24) is 14.7 Å². The second kappa shape index (κ2) is 4.97. The fourth-order valence-electron chi connectivity index (χ4n) is 3.60. The molecular weight excluding hydrogens is 296 g/mol. The lowest BCUT2D eigenvalue weighted by atomic mass is 9.85. The van der Waals surface area contributed by atoms with Gasteiger partial charge < -0.3 is 14.2 Å². The topological polar surface area (TPSA) is 71.6 Å². The zero-order valence-electron chi connectivity index (χ0n) is 12.9. The molecule has 4 rings (SSSR count). The molecule has 4 heterocycles. The molecule has 120 valence electrons. The first kappa shape index (κ1) is 14.0. The predicted molar refractivity (Wildman–Crippen MR) is 81.8 cm³/mol. The summed E-state index contributed by atoms with van der Waals surface area (Å²) in [5.41, 5.74) is 0.364. The van der Waals surface area contributed by atoms with Gasteiger partial charge >= 0.3 is 0 Å². The standard InChI is InChI=1S/C16H18N4O3/c1-18-10-12(9-17-18)20-7-5-16(15(20)22)4-6-19(11-16)14(21)13-3-2-8-23-13/h2-3,8-10H,4-7,11H2,1H3/t16-/m0/s1. The molecule has 1 atom stereocenters. The SMILES string of the molecule is Cn1cc(N2CC[C@]3(CCN(C(=O)c4ccco4)C3)C2=O)cn1. The molecule has 2 amide bonds. The number of aryl methyl sites for hydroxylation is 1.